The van der Waals surface area contributed by atoms with Gasteiger partial charge in [0.2, 0.25) is 5.88 Å². The summed E-state index contributed by atoms with van der Waals surface area (Å²) in [4.78, 5) is 19.5. The van der Waals surface area contributed by atoms with Crippen LogP contribution in [0.1, 0.15) is 23.7 Å². The van der Waals surface area contributed by atoms with Crippen LogP contribution in [0.25, 0.3) is 0 Å². The summed E-state index contributed by atoms with van der Waals surface area (Å²) in [6.45, 7) is 1.80. The van der Waals surface area contributed by atoms with E-state index in [4.69, 9.17) is 4.74 Å². The Hall–Kier alpha value is -1.10. The first-order chi connectivity index (χ1) is 6.72. The third-order valence-corrected chi connectivity index (χ3v) is 2.29. The van der Waals surface area contributed by atoms with Crippen LogP contribution in [0.15, 0.2) is 11.4 Å². The van der Waals surface area contributed by atoms with Gasteiger partial charge in [0.15, 0.2) is 10.9 Å². The average molecular weight is 212 g/mol. The molecule has 0 saturated heterocycles. The molecule has 0 amide bonds. The summed E-state index contributed by atoms with van der Waals surface area (Å²) < 4.78 is 5.03. The highest BCUT2D eigenvalue weighted by molar-refractivity contribution is 7.98. The smallest absolute Gasteiger partial charge is 0.228 e. The number of hydrogen-bond acceptors (Lipinski definition) is 5. The molecule has 0 radical (unpaired) electrons. The Bertz CT molecular complexity index is 342. The van der Waals surface area contributed by atoms with Crippen LogP contribution < -0.4 is 4.74 Å². The predicted molar refractivity (Wildman–Crippen MR) is 55.0 cm³/mol. The fourth-order valence-electron chi connectivity index (χ4n) is 0.987. The number of rotatable bonds is 4. The van der Waals surface area contributed by atoms with E-state index in [1.807, 2.05) is 6.26 Å². The van der Waals surface area contributed by atoms with Gasteiger partial charge in [0.25, 0.3) is 0 Å². The van der Waals surface area contributed by atoms with Gasteiger partial charge >= 0.3 is 0 Å². The third-order valence-electron chi connectivity index (χ3n) is 1.73. The molecule has 0 fully saturated rings. The van der Waals surface area contributed by atoms with Crippen molar-refractivity contribution in [1.29, 1.82) is 0 Å². The van der Waals surface area contributed by atoms with Gasteiger partial charge in [-0.1, -0.05) is 18.7 Å². The molecule has 0 aliphatic heterocycles. The van der Waals surface area contributed by atoms with E-state index in [-0.39, 0.29) is 5.78 Å². The van der Waals surface area contributed by atoms with Crippen LogP contribution in [0.4, 0.5) is 0 Å². The fourth-order valence-corrected chi connectivity index (χ4v) is 1.32. The lowest BCUT2D eigenvalue weighted by Crippen LogP contribution is -2.04. The number of ketones is 1. The molecule has 0 N–H and O–H groups in total. The summed E-state index contributed by atoms with van der Waals surface area (Å²) in [6.07, 6.45) is 3.82. The Morgan fingerprint density at radius 3 is 2.86 bits per heavy atom. The standard InChI is InChI=1S/C9H12N2O2S/c1-4-7(12)6-5-10-9(14-3)11-8(6)13-2/h5H,4H2,1-3H3. The van der Waals surface area contributed by atoms with Crippen molar-refractivity contribution in [2.24, 2.45) is 0 Å². The maximum absolute atomic E-state index is 11.4. The summed E-state index contributed by atoms with van der Waals surface area (Å²) >= 11 is 1.41. The minimum absolute atomic E-state index is 0.00509. The summed E-state index contributed by atoms with van der Waals surface area (Å²) in [6, 6.07) is 0. The predicted octanol–water partition coefficient (Wildman–Crippen LogP) is 1.80. The van der Waals surface area contributed by atoms with Crippen molar-refractivity contribution >= 4 is 17.5 Å². The molecule has 14 heavy (non-hydrogen) atoms. The second-order valence-electron chi connectivity index (χ2n) is 2.56. The Kier molecular flexibility index (Phi) is 3.88. The van der Waals surface area contributed by atoms with Gasteiger partial charge in [0.1, 0.15) is 0 Å². The van der Waals surface area contributed by atoms with Crippen LogP contribution in [0.2, 0.25) is 0 Å². The largest absolute Gasteiger partial charge is 0.480 e. The van der Waals surface area contributed by atoms with Crippen LogP contribution in [0, 0.1) is 0 Å². The van der Waals surface area contributed by atoms with Gasteiger partial charge in [-0.15, -0.1) is 0 Å². The molecule has 1 heterocycles. The summed E-state index contributed by atoms with van der Waals surface area (Å²) in [5.74, 6) is 0.353. The van der Waals surface area contributed by atoms with Gasteiger partial charge in [-0.05, 0) is 6.26 Å². The number of methoxy groups -OCH3 is 1. The summed E-state index contributed by atoms with van der Waals surface area (Å²) in [5, 5.41) is 0.606. The Balaban J connectivity index is 3.11. The first-order valence-corrected chi connectivity index (χ1v) is 5.43. The molecule has 0 atom stereocenters. The Morgan fingerprint density at radius 2 is 2.36 bits per heavy atom. The zero-order chi connectivity index (χ0) is 10.6. The number of carbonyl (C=O) groups excluding carboxylic acids is 1. The van der Waals surface area contributed by atoms with E-state index in [9.17, 15) is 4.79 Å². The van der Waals surface area contributed by atoms with E-state index in [0.717, 1.165) is 0 Å². The van der Waals surface area contributed by atoms with Crippen LogP contribution >= 0.6 is 11.8 Å². The van der Waals surface area contributed by atoms with Crippen molar-refractivity contribution in [2.75, 3.05) is 13.4 Å². The first-order valence-electron chi connectivity index (χ1n) is 4.21. The van der Waals surface area contributed by atoms with Crippen molar-refractivity contribution in [3.05, 3.63) is 11.8 Å². The molecule has 1 aromatic rings. The molecular weight excluding hydrogens is 200 g/mol. The summed E-state index contributed by atoms with van der Waals surface area (Å²) in [7, 11) is 1.50. The number of carbonyl (C=O) groups is 1. The lowest BCUT2D eigenvalue weighted by Gasteiger charge is -2.05. The van der Waals surface area contributed by atoms with Crippen LogP contribution in [0.3, 0.4) is 0 Å². The second kappa shape index (κ2) is 4.95. The fraction of sp³-hybridized carbons (Fsp3) is 0.444. The zero-order valence-electron chi connectivity index (χ0n) is 8.40. The van der Waals surface area contributed by atoms with Gasteiger partial charge < -0.3 is 4.74 Å². The van der Waals surface area contributed by atoms with Crippen molar-refractivity contribution in [3.8, 4) is 5.88 Å². The molecule has 0 aromatic carbocycles. The molecule has 0 bridgehead atoms. The monoisotopic (exact) mass is 212 g/mol. The van der Waals surface area contributed by atoms with E-state index in [1.54, 1.807) is 6.92 Å². The molecule has 1 aromatic heterocycles. The second-order valence-corrected chi connectivity index (χ2v) is 3.33. The topological polar surface area (TPSA) is 52.1 Å². The van der Waals surface area contributed by atoms with Gasteiger partial charge in [-0.2, -0.15) is 4.98 Å². The lowest BCUT2D eigenvalue weighted by atomic mass is 10.2. The number of Topliss-reactive ketones (excluding diaryl/α,β-unsaturated/α-hetero) is 1. The van der Waals surface area contributed by atoms with E-state index in [0.29, 0.717) is 23.0 Å². The van der Waals surface area contributed by atoms with Crippen molar-refractivity contribution in [3.63, 3.8) is 0 Å². The highest BCUT2D eigenvalue weighted by Gasteiger charge is 2.13. The minimum atomic E-state index is -0.00509. The maximum atomic E-state index is 11.4. The highest BCUT2D eigenvalue weighted by atomic mass is 32.2. The first kappa shape index (κ1) is 11.0. The number of nitrogens with zero attached hydrogens (tertiary/aromatic N) is 2. The molecule has 0 unspecified atom stereocenters. The van der Waals surface area contributed by atoms with Crippen molar-refractivity contribution in [1.82, 2.24) is 9.97 Å². The van der Waals surface area contributed by atoms with Crippen LogP contribution in [0.5, 0.6) is 5.88 Å². The van der Waals surface area contributed by atoms with Crippen LogP contribution in [-0.2, 0) is 0 Å². The van der Waals surface area contributed by atoms with Crippen LogP contribution in [-0.4, -0.2) is 29.1 Å². The minimum Gasteiger partial charge on any atom is -0.480 e. The van der Waals surface area contributed by atoms with Gasteiger partial charge in [-0.3, -0.25) is 4.79 Å². The summed E-state index contributed by atoms with van der Waals surface area (Å²) in [5.41, 5.74) is 0.452. The maximum Gasteiger partial charge on any atom is 0.228 e. The van der Waals surface area contributed by atoms with E-state index in [2.05, 4.69) is 9.97 Å². The SMILES string of the molecule is CCC(=O)c1cnc(SC)nc1OC. The number of thioether (sulfide) groups is 1. The van der Waals surface area contributed by atoms with E-state index in [1.165, 1.54) is 25.1 Å². The van der Waals surface area contributed by atoms with E-state index < -0.39 is 0 Å². The molecule has 4 nitrogen and oxygen atoms in total. The molecule has 76 valence electrons. The Labute approximate surface area is 87.1 Å². The van der Waals surface area contributed by atoms with Gasteiger partial charge in [0.05, 0.1) is 12.7 Å². The molecule has 5 heteroatoms. The number of ether oxygens (including phenoxy) is 1. The van der Waals surface area contributed by atoms with Crippen molar-refractivity contribution in [2.45, 2.75) is 18.5 Å². The van der Waals surface area contributed by atoms with E-state index >= 15 is 0 Å². The normalized spacial score (nSPS) is 9.93. The van der Waals surface area contributed by atoms with Gasteiger partial charge in [0, 0.05) is 12.6 Å². The zero-order valence-corrected chi connectivity index (χ0v) is 9.22. The molecular formula is C9H12N2O2S. The highest BCUT2D eigenvalue weighted by Crippen LogP contribution is 2.19. The van der Waals surface area contributed by atoms with Crippen molar-refractivity contribution < 1.29 is 9.53 Å². The molecule has 1 rings (SSSR count). The average Bonchev–Trinajstić information content (AvgIpc) is 2.27. The molecule has 0 aliphatic rings. The molecule has 0 saturated carbocycles. The lowest BCUT2D eigenvalue weighted by molar-refractivity contribution is 0.0983. The van der Waals surface area contributed by atoms with Gasteiger partial charge in [-0.25, -0.2) is 4.98 Å². The molecule has 0 spiro atoms. The Morgan fingerprint density at radius 1 is 1.64 bits per heavy atom. The number of aromatic nitrogens is 2. The quantitative estimate of drug-likeness (QED) is 0.433. The number of hydrogen-bond donors (Lipinski definition) is 0. The molecule has 0 aliphatic carbocycles. The third kappa shape index (κ3) is 2.23.